The molecule has 0 unspecified atom stereocenters. The fraction of sp³-hybridized carbons (Fsp3) is 0.688. The van der Waals surface area contributed by atoms with Gasteiger partial charge in [0.15, 0.2) is 0 Å². The summed E-state index contributed by atoms with van der Waals surface area (Å²) in [6, 6.07) is 1.62. The first-order valence-electron chi connectivity index (χ1n) is 7.74. The largest absolute Gasteiger partial charge is 0.417 e. The van der Waals surface area contributed by atoms with E-state index in [9.17, 15) is 13.2 Å². The number of hydrogen-bond donors (Lipinski definition) is 0. The normalized spacial score (nSPS) is 23.2. The Hall–Kier alpha value is -1.30. The number of aryl methyl sites for hydroxylation is 1. The third-order valence-electron chi connectivity index (χ3n) is 4.72. The van der Waals surface area contributed by atoms with Crippen molar-refractivity contribution < 1.29 is 13.2 Å². The molecule has 6 heteroatoms. The van der Waals surface area contributed by atoms with Gasteiger partial charge in [0.05, 0.1) is 5.56 Å². The monoisotopic (exact) mass is 313 g/mol. The van der Waals surface area contributed by atoms with Crippen molar-refractivity contribution in [2.75, 3.05) is 24.5 Å². The summed E-state index contributed by atoms with van der Waals surface area (Å²) in [6.07, 6.45) is -1.78. The molecule has 0 radical (unpaired) electrons. The van der Waals surface area contributed by atoms with Gasteiger partial charge < -0.3 is 4.90 Å². The van der Waals surface area contributed by atoms with Crippen molar-refractivity contribution in [2.24, 2.45) is 0 Å². The van der Waals surface area contributed by atoms with E-state index >= 15 is 0 Å². The number of halogens is 3. The van der Waals surface area contributed by atoms with Crippen LogP contribution >= 0.6 is 0 Å². The maximum absolute atomic E-state index is 12.8. The SMILES string of the molecule is CC(C)(C)N1CCN2c3ncc(C(F)(F)F)cc3CC[C@@H]2C1. The van der Waals surface area contributed by atoms with Crippen LogP contribution in [0.25, 0.3) is 0 Å². The highest BCUT2D eigenvalue weighted by atomic mass is 19.4. The van der Waals surface area contributed by atoms with E-state index in [2.05, 4.69) is 35.6 Å². The van der Waals surface area contributed by atoms with Crippen LogP contribution in [0, 0.1) is 0 Å². The summed E-state index contributed by atoms with van der Waals surface area (Å²) in [7, 11) is 0. The summed E-state index contributed by atoms with van der Waals surface area (Å²) >= 11 is 0. The first-order valence-corrected chi connectivity index (χ1v) is 7.74. The first-order chi connectivity index (χ1) is 10.2. The molecule has 0 amide bonds. The van der Waals surface area contributed by atoms with Crippen LogP contribution in [0.1, 0.15) is 38.3 Å². The van der Waals surface area contributed by atoms with E-state index < -0.39 is 11.7 Å². The fourth-order valence-electron chi connectivity index (χ4n) is 3.41. The zero-order chi connectivity index (χ0) is 16.1. The second-order valence-corrected chi connectivity index (χ2v) is 7.21. The Kier molecular flexibility index (Phi) is 3.62. The molecule has 1 aromatic heterocycles. The van der Waals surface area contributed by atoms with Gasteiger partial charge in [-0.2, -0.15) is 13.2 Å². The number of hydrogen-bond acceptors (Lipinski definition) is 3. The number of rotatable bonds is 0. The minimum atomic E-state index is -4.32. The molecule has 0 bridgehead atoms. The Balaban J connectivity index is 1.84. The predicted octanol–water partition coefficient (Wildman–Crippen LogP) is 3.34. The topological polar surface area (TPSA) is 19.4 Å². The van der Waals surface area contributed by atoms with Crippen LogP contribution in [0.3, 0.4) is 0 Å². The summed E-state index contributed by atoms with van der Waals surface area (Å²) in [4.78, 5) is 8.79. The van der Waals surface area contributed by atoms with Crippen LogP contribution in [0.4, 0.5) is 19.0 Å². The number of pyridine rings is 1. The van der Waals surface area contributed by atoms with Crippen molar-refractivity contribution in [3.63, 3.8) is 0 Å². The molecule has 122 valence electrons. The van der Waals surface area contributed by atoms with Gasteiger partial charge in [0.25, 0.3) is 0 Å². The fourth-order valence-corrected chi connectivity index (χ4v) is 3.41. The van der Waals surface area contributed by atoms with Crippen LogP contribution in [0.15, 0.2) is 12.3 Å². The zero-order valence-electron chi connectivity index (χ0n) is 13.2. The molecule has 0 spiro atoms. The van der Waals surface area contributed by atoms with E-state index in [0.29, 0.717) is 12.5 Å². The van der Waals surface area contributed by atoms with Crippen molar-refractivity contribution in [3.8, 4) is 0 Å². The Morgan fingerprint density at radius 3 is 2.55 bits per heavy atom. The van der Waals surface area contributed by atoms with Crippen LogP contribution in [0.2, 0.25) is 0 Å². The van der Waals surface area contributed by atoms with Gasteiger partial charge in [-0.1, -0.05) is 0 Å². The molecule has 1 atom stereocenters. The Labute approximate surface area is 129 Å². The molecule has 0 aromatic carbocycles. The van der Waals surface area contributed by atoms with Gasteiger partial charge in [-0.15, -0.1) is 0 Å². The quantitative estimate of drug-likeness (QED) is 0.732. The van der Waals surface area contributed by atoms with Crippen molar-refractivity contribution in [2.45, 2.75) is 51.4 Å². The smallest absolute Gasteiger partial charge is 0.351 e. The first kappa shape index (κ1) is 15.6. The van der Waals surface area contributed by atoms with E-state index in [4.69, 9.17) is 0 Å². The van der Waals surface area contributed by atoms with Gasteiger partial charge in [-0.05, 0) is 45.2 Å². The Morgan fingerprint density at radius 1 is 1.18 bits per heavy atom. The molecule has 3 rings (SSSR count). The second kappa shape index (κ2) is 5.11. The number of fused-ring (bicyclic) bond motifs is 3. The second-order valence-electron chi connectivity index (χ2n) is 7.21. The summed E-state index contributed by atoms with van der Waals surface area (Å²) in [5.74, 6) is 0.748. The number of piperazine rings is 1. The van der Waals surface area contributed by atoms with E-state index in [0.717, 1.165) is 43.6 Å². The lowest BCUT2D eigenvalue weighted by Crippen LogP contribution is -2.59. The van der Waals surface area contributed by atoms with Gasteiger partial charge >= 0.3 is 6.18 Å². The zero-order valence-corrected chi connectivity index (χ0v) is 13.2. The van der Waals surface area contributed by atoms with Gasteiger partial charge in [-0.25, -0.2) is 4.98 Å². The molecule has 2 aliphatic heterocycles. The molecule has 3 heterocycles. The minimum absolute atomic E-state index is 0.125. The summed E-state index contributed by atoms with van der Waals surface area (Å²) in [6.45, 7) is 9.30. The minimum Gasteiger partial charge on any atom is -0.351 e. The molecule has 0 aliphatic carbocycles. The van der Waals surface area contributed by atoms with Crippen molar-refractivity contribution in [1.29, 1.82) is 0 Å². The van der Waals surface area contributed by atoms with E-state index in [1.165, 1.54) is 6.07 Å². The maximum atomic E-state index is 12.8. The third-order valence-corrected chi connectivity index (χ3v) is 4.72. The summed E-state index contributed by atoms with van der Waals surface area (Å²) < 4.78 is 38.4. The molecular formula is C16H22F3N3. The van der Waals surface area contributed by atoms with E-state index in [1.807, 2.05) is 0 Å². The van der Waals surface area contributed by atoms with E-state index in [1.54, 1.807) is 0 Å². The van der Waals surface area contributed by atoms with Crippen LogP contribution in [-0.4, -0.2) is 41.1 Å². The average molecular weight is 313 g/mol. The van der Waals surface area contributed by atoms with Gasteiger partial charge in [0, 0.05) is 37.4 Å². The Morgan fingerprint density at radius 2 is 1.91 bits per heavy atom. The summed E-state index contributed by atoms with van der Waals surface area (Å²) in [5.41, 5.74) is 0.216. The highest BCUT2D eigenvalue weighted by Crippen LogP contribution is 2.36. The molecular weight excluding hydrogens is 291 g/mol. The molecule has 1 saturated heterocycles. The third kappa shape index (κ3) is 2.81. The van der Waals surface area contributed by atoms with Crippen molar-refractivity contribution in [3.05, 3.63) is 23.4 Å². The molecule has 22 heavy (non-hydrogen) atoms. The lowest BCUT2D eigenvalue weighted by atomic mass is 9.93. The molecule has 2 aliphatic rings. The molecule has 1 aromatic rings. The van der Waals surface area contributed by atoms with Gasteiger partial charge in [0.2, 0.25) is 0 Å². The molecule has 3 nitrogen and oxygen atoms in total. The standard InChI is InChI=1S/C16H22F3N3/c1-15(2,3)21-6-7-22-13(10-21)5-4-11-8-12(16(17,18)19)9-20-14(11)22/h8-9,13H,4-7,10H2,1-3H3/t13-/m1/s1. The van der Waals surface area contributed by atoms with Gasteiger partial charge in [-0.3, -0.25) is 4.90 Å². The lowest BCUT2D eigenvalue weighted by molar-refractivity contribution is -0.137. The van der Waals surface area contributed by atoms with Crippen LogP contribution < -0.4 is 4.90 Å². The highest BCUT2D eigenvalue weighted by Gasteiger charge is 2.38. The van der Waals surface area contributed by atoms with E-state index in [-0.39, 0.29) is 5.54 Å². The number of nitrogens with zero attached hydrogens (tertiary/aromatic N) is 3. The maximum Gasteiger partial charge on any atom is 0.417 e. The lowest BCUT2D eigenvalue weighted by Gasteiger charge is -2.49. The average Bonchev–Trinajstić information content (AvgIpc) is 2.44. The molecule has 0 saturated carbocycles. The molecule has 0 N–H and O–H groups in total. The number of aromatic nitrogens is 1. The predicted molar refractivity (Wildman–Crippen MR) is 80.0 cm³/mol. The van der Waals surface area contributed by atoms with Gasteiger partial charge in [0.1, 0.15) is 5.82 Å². The highest BCUT2D eigenvalue weighted by molar-refractivity contribution is 5.52. The van der Waals surface area contributed by atoms with Crippen LogP contribution in [-0.2, 0) is 12.6 Å². The number of anilines is 1. The van der Waals surface area contributed by atoms with Crippen molar-refractivity contribution in [1.82, 2.24) is 9.88 Å². The van der Waals surface area contributed by atoms with Crippen molar-refractivity contribution >= 4 is 5.82 Å². The Bertz CT molecular complexity index is 563. The number of alkyl halides is 3. The molecule has 1 fully saturated rings. The summed E-state index contributed by atoms with van der Waals surface area (Å²) in [5, 5.41) is 0. The van der Waals surface area contributed by atoms with Crippen LogP contribution in [0.5, 0.6) is 0 Å².